The standard InChI is InChI=1S/C32H44N4O2/c1-24-14-18-36(19-15-24)31(37)29-23-28(34-32(38)33-27-10-6-3-7-11-27)12-13-30(29)35-20-16-26(17-21-35)22-25-8-4-2-5-9-25/h2,4-5,8-9,12-13,23-24,26-27H,3,6-7,10-11,14-22H2,1H3,(H2,33,34,38). The van der Waals surface area contributed by atoms with Crippen LogP contribution in [0, 0.1) is 11.8 Å². The van der Waals surface area contributed by atoms with Crippen LogP contribution in [0.25, 0.3) is 0 Å². The molecular formula is C32H44N4O2. The lowest BCUT2D eigenvalue weighted by Crippen LogP contribution is -2.40. The van der Waals surface area contributed by atoms with Crippen molar-refractivity contribution in [2.75, 3.05) is 36.4 Å². The minimum absolute atomic E-state index is 0.0923. The molecule has 2 N–H and O–H groups in total. The van der Waals surface area contributed by atoms with Crippen molar-refractivity contribution in [3.05, 3.63) is 59.7 Å². The normalized spacial score (nSPS) is 19.8. The Balaban J connectivity index is 1.29. The molecule has 0 bridgehead atoms. The highest BCUT2D eigenvalue weighted by molar-refractivity contribution is 6.02. The Labute approximate surface area is 228 Å². The number of carbonyl (C=O) groups is 2. The third kappa shape index (κ3) is 6.89. The van der Waals surface area contributed by atoms with E-state index in [-0.39, 0.29) is 18.0 Å². The van der Waals surface area contributed by atoms with Crippen LogP contribution in [0.2, 0.25) is 0 Å². The number of anilines is 2. The maximum Gasteiger partial charge on any atom is 0.319 e. The summed E-state index contributed by atoms with van der Waals surface area (Å²) in [6.07, 6.45) is 11.1. The SMILES string of the molecule is CC1CCN(C(=O)c2cc(NC(=O)NC3CCCCC3)ccc2N2CCC(Cc3ccccc3)CC2)CC1. The van der Waals surface area contributed by atoms with Gasteiger partial charge in [0.05, 0.1) is 5.56 Å². The number of rotatable bonds is 6. The third-order valence-electron chi connectivity index (χ3n) is 8.82. The summed E-state index contributed by atoms with van der Waals surface area (Å²) in [5.41, 5.74) is 3.82. The first-order valence-corrected chi connectivity index (χ1v) is 14.8. The molecule has 2 saturated heterocycles. The number of hydrogen-bond acceptors (Lipinski definition) is 3. The summed E-state index contributed by atoms with van der Waals surface area (Å²) in [6.45, 7) is 5.77. The highest BCUT2D eigenvalue weighted by Gasteiger charge is 2.28. The van der Waals surface area contributed by atoms with Crippen molar-refractivity contribution < 1.29 is 9.59 Å². The van der Waals surface area contributed by atoms with Crippen molar-refractivity contribution in [1.29, 1.82) is 0 Å². The zero-order valence-corrected chi connectivity index (χ0v) is 23.0. The van der Waals surface area contributed by atoms with Crippen LogP contribution in [-0.2, 0) is 6.42 Å². The van der Waals surface area contributed by atoms with Gasteiger partial charge in [-0.3, -0.25) is 4.79 Å². The van der Waals surface area contributed by atoms with Crippen LogP contribution in [-0.4, -0.2) is 49.1 Å². The number of piperidine rings is 2. The van der Waals surface area contributed by atoms with Gasteiger partial charge in [0, 0.05) is 43.6 Å². The number of urea groups is 1. The van der Waals surface area contributed by atoms with Crippen molar-refractivity contribution in [3.8, 4) is 0 Å². The lowest BCUT2D eigenvalue weighted by atomic mass is 9.89. The summed E-state index contributed by atoms with van der Waals surface area (Å²) in [6, 6.07) is 16.8. The Bertz CT molecular complexity index is 1070. The molecule has 0 aromatic heterocycles. The van der Waals surface area contributed by atoms with Crippen LogP contribution in [0.4, 0.5) is 16.2 Å². The van der Waals surface area contributed by atoms with Crippen molar-refractivity contribution in [1.82, 2.24) is 10.2 Å². The van der Waals surface area contributed by atoms with Crippen LogP contribution in [0.15, 0.2) is 48.5 Å². The van der Waals surface area contributed by atoms with E-state index in [0.29, 0.717) is 17.5 Å². The van der Waals surface area contributed by atoms with E-state index in [1.54, 1.807) is 0 Å². The van der Waals surface area contributed by atoms with Gasteiger partial charge in [-0.1, -0.05) is 56.5 Å². The Hall–Kier alpha value is -3.02. The van der Waals surface area contributed by atoms with E-state index in [9.17, 15) is 9.59 Å². The van der Waals surface area contributed by atoms with Crippen molar-refractivity contribution >= 4 is 23.3 Å². The highest BCUT2D eigenvalue weighted by atomic mass is 16.2. The number of nitrogens with zero attached hydrogens (tertiary/aromatic N) is 2. The molecule has 5 rings (SSSR count). The van der Waals surface area contributed by atoms with Gasteiger partial charge in [-0.05, 0) is 80.5 Å². The van der Waals surface area contributed by atoms with Gasteiger partial charge in [-0.15, -0.1) is 0 Å². The first-order valence-electron chi connectivity index (χ1n) is 14.8. The first-order chi connectivity index (χ1) is 18.5. The average Bonchev–Trinajstić information content (AvgIpc) is 2.95. The second kappa shape index (κ2) is 12.7. The van der Waals surface area contributed by atoms with Gasteiger partial charge in [0.2, 0.25) is 0 Å². The van der Waals surface area contributed by atoms with E-state index < -0.39 is 0 Å². The van der Waals surface area contributed by atoms with Gasteiger partial charge >= 0.3 is 6.03 Å². The summed E-state index contributed by atoms with van der Waals surface area (Å²) >= 11 is 0. The largest absolute Gasteiger partial charge is 0.371 e. The van der Waals surface area contributed by atoms with Gasteiger partial charge in [-0.25, -0.2) is 4.79 Å². The van der Waals surface area contributed by atoms with E-state index in [4.69, 9.17) is 0 Å². The number of hydrogen-bond donors (Lipinski definition) is 2. The molecule has 3 amide bonds. The van der Waals surface area contributed by atoms with Gasteiger partial charge in [-0.2, -0.15) is 0 Å². The van der Waals surface area contributed by atoms with Crippen LogP contribution < -0.4 is 15.5 Å². The molecule has 2 heterocycles. The lowest BCUT2D eigenvalue weighted by molar-refractivity contribution is 0.0697. The second-order valence-corrected chi connectivity index (χ2v) is 11.8. The Morgan fingerprint density at radius 1 is 0.842 bits per heavy atom. The van der Waals surface area contributed by atoms with Crippen molar-refractivity contribution in [3.63, 3.8) is 0 Å². The summed E-state index contributed by atoms with van der Waals surface area (Å²) in [5, 5.41) is 6.15. The van der Waals surface area contributed by atoms with Gasteiger partial charge in [0.15, 0.2) is 0 Å². The number of carbonyl (C=O) groups excluding carboxylic acids is 2. The van der Waals surface area contributed by atoms with Gasteiger partial charge < -0.3 is 20.4 Å². The van der Waals surface area contributed by atoms with Crippen LogP contribution >= 0.6 is 0 Å². The molecule has 204 valence electrons. The third-order valence-corrected chi connectivity index (χ3v) is 8.82. The summed E-state index contributed by atoms with van der Waals surface area (Å²) in [4.78, 5) is 30.9. The minimum atomic E-state index is -0.170. The van der Waals surface area contributed by atoms with Gasteiger partial charge in [0.1, 0.15) is 0 Å². The quantitative estimate of drug-likeness (QED) is 0.462. The predicted molar refractivity (Wildman–Crippen MR) is 155 cm³/mol. The van der Waals surface area contributed by atoms with E-state index in [2.05, 4.69) is 52.8 Å². The summed E-state index contributed by atoms with van der Waals surface area (Å²) in [7, 11) is 0. The first kappa shape index (κ1) is 26.6. The predicted octanol–water partition coefficient (Wildman–Crippen LogP) is 6.47. The average molecular weight is 517 g/mol. The lowest BCUT2D eigenvalue weighted by Gasteiger charge is -2.36. The molecule has 6 nitrogen and oxygen atoms in total. The molecule has 3 aliphatic rings. The zero-order valence-electron chi connectivity index (χ0n) is 23.0. The fourth-order valence-electron chi connectivity index (χ4n) is 6.37. The monoisotopic (exact) mass is 516 g/mol. The second-order valence-electron chi connectivity index (χ2n) is 11.8. The maximum absolute atomic E-state index is 13.8. The van der Waals surface area contributed by atoms with Crippen LogP contribution in [0.1, 0.15) is 80.6 Å². The molecule has 1 aliphatic carbocycles. The number of nitrogens with one attached hydrogen (secondary N) is 2. The molecule has 0 radical (unpaired) electrons. The molecule has 2 aromatic carbocycles. The number of benzene rings is 2. The Morgan fingerprint density at radius 2 is 1.55 bits per heavy atom. The molecule has 0 atom stereocenters. The van der Waals surface area contributed by atoms with E-state index in [1.165, 1.54) is 24.8 Å². The molecule has 1 saturated carbocycles. The molecule has 2 aromatic rings. The maximum atomic E-state index is 13.8. The molecule has 3 fully saturated rings. The van der Waals surface area contributed by atoms with Crippen LogP contribution in [0.5, 0.6) is 0 Å². The van der Waals surface area contributed by atoms with E-state index >= 15 is 0 Å². The molecule has 38 heavy (non-hydrogen) atoms. The molecule has 2 aliphatic heterocycles. The van der Waals surface area contributed by atoms with E-state index in [0.717, 1.165) is 82.4 Å². The fraction of sp³-hybridized carbons (Fsp3) is 0.562. The smallest absolute Gasteiger partial charge is 0.319 e. The topological polar surface area (TPSA) is 64.7 Å². The number of likely N-dealkylation sites (tertiary alicyclic amines) is 1. The fourth-order valence-corrected chi connectivity index (χ4v) is 6.37. The molecule has 0 unspecified atom stereocenters. The van der Waals surface area contributed by atoms with Crippen LogP contribution in [0.3, 0.4) is 0 Å². The minimum Gasteiger partial charge on any atom is -0.371 e. The van der Waals surface area contributed by atoms with Crippen molar-refractivity contribution in [2.45, 2.75) is 77.2 Å². The summed E-state index contributed by atoms with van der Waals surface area (Å²) in [5.74, 6) is 1.43. The Kier molecular flexibility index (Phi) is 8.87. The zero-order chi connectivity index (χ0) is 26.3. The Morgan fingerprint density at radius 3 is 2.26 bits per heavy atom. The summed E-state index contributed by atoms with van der Waals surface area (Å²) < 4.78 is 0. The van der Waals surface area contributed by atoms with Gasteiger partial charge in [0.25, 0.3) is 5.91 Å². The van der Waals surface area contributed by atoms with E-state index in [1.807, 2.05) is 23.1 Å². The molecular weight excluding hydrogens is 472 g/mol. The number of amides is 3. The van der Waals surface area contributed by atoms with Crippen molar-refractivity contribution in [2.24, 2.45) is 11.8 Å². The molecule has 0 spiro atoms. The molecule has 6 heteroatoms. The highest BCUT2D eigenvalue weighted by Crippen LogP contribution is 2.32.